The first-order chi connectivity index (χ1) is 9.69. The van der Waals surface area contributed by atoms with Gasteiger partial charge in [0.05, 0.1) is 19.1 Å². The summed E-state index contributed by atoms with van der Waals surface area (Å²) in [4.78, 5) is 14.5. The van der Waals surface area contributed by atoms with Crippen molar-refractivity contribution in [2.75, 3.05) is 20.3 Å². The second-order valence-corrected chi connectivity index (χ2v) is 5.91. The zero-order valence-electron chi connectivity index (χ0n) is 11.8. The first-order valence-corrected chi connectivity index (χ1v) is 7.23. The molecule has 0 bridgehead atoms. The molecule has 1 atom stereocenters. The maximum absolute atomic E-state index is 12.6. The van der Waals surface area contributed by atoms with E-state index in [9.17, 15) is 9.90 Å². The van der Waals surface area contributed by atoms with Crippen molar-refractivity contribution in [3.05, 3.63) is 29.8 Å². The van der Waals surface area contributed by atoms with Crippen LogP contribution in [0.3, 0.4) is 0 Å². The van der Waals surface area contributed by atoms with Crippen LogP contribution in [0.1, 0.15) is 24.8 Å². The normalized spacial score (nSPS) is 26.1. The van der Waals surface area contributed by atoms with Crippen LogP contribution in [0.25, 0.3) is 0 Å². The molecular formula is C16H21NO3. The lowest BCUT2D eigenvalue weighted by Gasteiger charge is -2.25. The fourth-order valence-corrected chi connectivity index (χ4v) is 3.25. The Morgan fingerprint density at radius 3 is 2.60 bits per heavy atom. The summed E-state index contributed by atoms with van der Waals surface area (Å²) in [6.45, 7) is 1.37. The highest BCUT2D eigenvalue weighted by Gasteiger charge is 2.55. The molecule has 0 unspecified atom stereocenters. The SMILES string of the molecule is COc1ccc(CN2CC[C@@](CO)(C3CC3)C2=O)cc1. The zero-order valence-corrected chi connectivity index (χ0v) is 11.8. The van der Waals surface area contributed by atoms with Gasteiger partial charge < -0.3 is 14.7 Å². The molecule has 3 rings (SSSR count). The first-order valence-electron chi connectivity index (χ1n) is 7.23. The van der Waals surface area contributed by atoms with Crippen LogP contribution < -0.4 is 4.74 Å². The number of aliphatic hydroxyl groups is 1. The lowest BCUT2D eigenvalue weighted by Crippen LogP contribution is -2.38. The van der Waals surface area contributed by atoms with E-state index in [0.717, 1.165) is 37.1 Å². The van der Waals surface area contributed by atoms with E-state index in [1.54, 1.807) is 7.11 Å². The number of hydrogen-bond acceptors (Lipinski definition) is 3. The average molecular weight is 275 g/mol. The highest BCUT2D eigenvalue weighted by Crippen LogP contribution is 2.51. The summed E-state index contributed by atoms with van der Waals surface area (Å²) in [6, 6.07) is 7.80. The Morgan fingerprint density at radius 1 is 1.35 bits per heavy atom. The van der Waals surface area contributed by atoms with Gasteiger partial charge in [-0.15, -0.1) is 0 Å². The van der Waals surface area contributed by atoms with Crippen LogP contribution in [0.2, 0.25) is 0 Å². The number of aliphatic hydroxyl groups excluding tert-OH is 1. The number of hydrogen-bond donors (Lipinski definition) is 1. The maximum atomic E-state index is 12.6. The number of carbonyl (C=O) groups excluding carboxylic acids is 1. The summed E-state index contributed by atoms with van der Waals surface area (Å²) in [5.41, 5.74) is 0.621. The van der Waals surface area contributed by atoms with Crippen LogP contribution >= 0.6 is 0 Å². The smallest absolute Gasteiger partial charge is 0.231 e. The molecule has 4 heteroatoms. The molecule has 1 saturated carbocycles. The van der Waals surface area contributed by atoms with Crippen LogP contribution in [0.15, 0.2) is 24.3 Å². The minimum absolute atomic E-state index is 0.00435. The Kier molecular flexibility index (Phi) is 3.42. The Labute approximate surface area is 119 Å². The zero-order chi connectivity index (χ0) is 14.2. The van der Waals surface area contributed by atoms with Gasteiger partial charge in [-0.3, -0.25) is 4.79 Å². The largest absolute Gasteiger partial charge is 0.497 e. The maximum Gasteiger partial charge on any atom is 0.231 e. The molecule has 1 heterocycles. The summed E-state index contributed by atoms with van der Waals surface area (Å²) in [5, 5.41) is 9.69. The van der Waals surface area contributed by atoms with Crippen molar-refractivity contribution in [2.24, 2.45) is 11.3 Å². The second kappa shape index (κ2) is 5.09. The number of rotatable bonds is 5. The molecule has 1 aromatic carbocycles. The number of methoxy groups -OCH3 is 1. The molecular weight excluding hydrogens is 254 g/mol. The van der Waals surface area contributed by atoms with Crippen LogP contribution in [0, 0.1) is 11.3 Å². The molecule has 1 amide bonds. The van der Waals surface area contributed by atoms with Gasteiger partial charge in [-0.25, -0.2) is 0 Å². The van der Waals surface area contributed by atoms with Crippen LogP contribution in [-0.4, -0.2) is 36.2 Å². The number of likely N-dealkylation sites (tertiary alicyclic amines) is 1. The number of carbonyl (C=O) groups is 1. The van der Waals surface area contributed by atoms with Crippen LogP contribution in [-0.2, 0) is 11.3 Å². The Morgan fingerprint density at radius 2 is 2.05 bits per heavy atom. The van der Waals surface area contributed by atoms with E-state index in [2.05, 4.69) is 0 Å². The summed E-state index contributed by atoms with van der Waals surface area (Å²) in [5.74, 6) is 1.36. The summed E-state index contributed by atoms with van der Waals surface area (Å²) in [6.07, 6.45) is 2.97. The monoisotopic (exact) mass is 275 g/mol. The van der Waals surface area contributed by atoms with Crippen molar-refractivity contribution in [1.82, 2.24) is 4.90 Å². The van der Waals surface area contributed by atoms with Crippen molar-refractivity contribution in [2.45, 2.75) is 25.8 Å². The standard InChI is InChI=1S/C16H21NO3/c1-20-14-6-2-12(3-7-14)10-17-9-8-16(11-18,15(17)19)13-4-5-13/h2-3,6-7,13,18H,4-5,8-11H2,1H3/t16-/m1/s1. The second-order valence-electron chi connectivity index (χ2n) is 5.91. The topological polar surface area (TPSA) is 49.8 Å². The van der Waals surface area contributed by atoms with Gasteiger partial charge in [-0.05, 0) is 42.9 Å². The molecule has 1 aliphatic heterocycles. The van der Waals surface area contributed by atoms with Gasteiger partial charge >= 0.3 is 0 Å². The number of amides is 1. The fraction of sp³-hybridized carbons (Fsp3) is 0.562. The van der Waals surface area contributed by atoms with Crippen molar-refractivity contribution < 1.29 is 14.6 Å². The van der Waals surface area contributed by atoms with Crippen molar-refractivity contribution in [3.8, 4) is 5.75 Å². The van der Waals surface area contributed by atoms with Gasteiger partial charge in [0.2, 0.25) is 5.91 Å². The summed E-state index contributed by atoms with van der Waals surface area (Å²) < 4.78 is 5.14. The molecule has 108 valence electrons. The molecule has 0 aromatic heterocycles. The lowest BCUT2D eigenvalue weighted by molar-refractivity contribution is -0.139. The first kappa shape index (κ1) is 13.4. The van der Waals surface area contributed by atoms with Crippen LogP contribution in [0.4, 0.5) is 0 Å². The molecule has 4 nitrogen and oxygen atoms in total. The van der Waals surface area contributed by atoms with Gasteiger partial charge in [0.1, 0.15) is 5.75 Å². The van der Waals surface area contributed by atoms with Crippen molar-refractivity contribution in [1.29, 1.82) is 0 Å². The van der Waals surface area contributed by atoms with E-state index in [-0.39, 0.29) is 12.5 Å². The minimum atomic E-state index is -0.480. The van der Waals surface area contributed by atoms with Gasteiger partial charge in [-0.1, -0.05) is 12.1 Å². The highest BCUT2D eigenvalue weighted by molar-refractivity contribution is 5.85. The minimum Gasteiger partial charge on any atom is -0.497 e. The number of nitrogens with zero attached hydrogens (tertiary/aromatic N) is 1. The van der Waals surface area contributed by atoms with Gasteiger partial charge in [-0.2, -0.15) is 0 Å². The summed E-state index contributed by atoms with van der Waals surface area (Å²) >= 11 is 0. The van der Waals surface area contributed by atoms with Gasteiger partial charge in [0.15, 0.2) is 0 Å². The number of benzene rings is 1. The average Bonchev–Trinajstić information content (AvgIpc) is 3.28. The molecule has 1 aliphatic carbocycles. The molecule has 0 radical (unpaired) electrons. The lowest BCUT2D eigenvalue weighted by atomic mass is 9.82. The molecule has 2 aliphatic rings. The van der Waals surface area contributed by atoms with Gasteiger partial charge in [0, 0.05) is 13.1 Å². The predicted molar refractivity (Wildman–Crippen MR) is 75.3 cm³/mol. The van der Waals surface area contributed by atoms with E-state index in [0.29, 0.717) is 12.5 Å². The molecule has 1 aromatic rings. The van der Waals surface area contributed by atoms with E-state index in [1.165, 1.54) is 0 Å². The molecule has 1 saturated heterocycles. The highest BCUT2D eigenvalue weighted by atomic mass is 16.5. The Hall–Kier alpha value is -1.55. The van der Waals surface area contributed by atoms with E-state index < -0.39 is 5.41 Å². The summed E-state index contributed by atoms with van der Waals surface area (Å²) in [7, 11) is 1.64. The third kappa shape index (κ3) is 2.18. The van der Waals surface area contributed by atoms with E-state index in [1.807, 2.05) is 29.2 Å². The Balaban J connectivity index is 1.70. The molecule has 2 fully saturated rings. The molecule has 20 heavy (non-hydrogen) atoms. The molecule has 0 spiro atoms. The fourth-order valence-electron chi connectivity index (χ4n) is 3.25. The van der Waals surface area contributed by atoms with Crippen molar-refractivity contribution in [3.63, 3.8) is 0 Å². The van der Waals surface area contributed by atoms with Crippen molar-refractivity contribution >= 4 is 5.91 Å². The third-order valence-electron chi connectivity index (χ3n) is 4.71. The predicted octanol–water partition coefficient (Wildman–Crippen LogP) is 1.82. The quantitative estimate of drug-likeness (QED) is 0.891. The van der Waals surface area contributed by atoms with Crippen LogP contribution in [0.5, 0.6) is 5.75 Å². The van der Waals surface area contributed by atoms with E-state index in [4.69, 9.17) is 4.74 Å². The molecule has 1 N–H and O–H groups in total. The van der Waals surface area contributed by atoms with Gasteiger partial charge in [0.25, 0.3) is 0 Å². The Bertz CT molecular complexity index is 495. The van der Waals surface area contributed by atoms with E-state index >= 15 is 0 Å². The third-order valence-corrected chi connectivity index (χ3v) is 4.71. The number of ether oxygens (including phenoxy) is 1.